The van der Waals surface area contributed by atoms with Crippen LogP contribution in [0.4, 0.5) is 5.69 Å². The van der Waals surface area contributed by atoms with Crippen LogP contribution in [0.1, 0.15) is 28.9 Å². The highest BCUT2D eigenvalue weighted by Crippen LogP contribution is 2.25. The Morgan fingerprint density at radius 3 is 2.11 bits per heavy atom. The van der Waals surface area contributed by atoms with Gasteiger partial charge in [0.2, 0.25) is 10.0 Å². The summed E-state index contributed by atoms with van der Waals surface area (Å²) < 4.78 is 47.5. The van der Waals surface area contributed by atoms with Crippen LogP contribution >= 0.6 is 11.6 Å². The SMILES string of the molecule is C[C@@H](NC(=O)c1cc(N(C)S(C)(=O)=O)ccc1Cl)c1ccc(S(C)(=O)=O)cc1. The molecule has 0 saturated heterocycles. The van der Waals surface area contributed by atoms with Crippen LogP contribution in [0, 0.1) is 0 Å². The maximum atomic E-state index is 12.6. The van der Waals surface area contributed by atoms with Gasteiger partial charge in [0, 0.05) is 13.3 Å². The second-order valence-corrected chi connectivity index (χ2v) is 10.9. The number of anilines is 1. The fourth-order valence-electron chi connectivity index (χ4n) is 2.44. The van der Waals surface area contributed by atoms with Crippen molar-refractivity contribution in [2.75, 3.05) is 23.9 Å². The van der Waals surface area contributed by atoms with Gasteiger partial charge in [0.1, 0.15) is 0 Å². The molecule has 0 fully saturated rings. The van der Waals surface area contributed by atoms with Crippen LogP contribution in [0.15, 0.2) is 47.4 Å². The lowest BCUT2D eigenvalue weighted by atomic mass is 10.1. The molecule has 1 N–H and O–H groups in total. The molecule has 2 rings (SSSR count). The minimum Gasteiger partial charge on any atom is -0.345 e. The van der Waals surface area contributed by atoms with E-state index in [2.05, 4.69) is 5.32 Å². The van der Waals surface area contributed by atoms with Crippen LogP contribution in [-0.4, -0.2) is 42.3 Å². The van der Waals surface area contributed by atoms with Crippen molar-refractivity contribution in [2.45, 2.75) is 17.9 Å². The highest BCUT2D eigenvalue weighted by Gasteiger charge is 2.19. The number of hydrogen-bond donors (Lipinski definition) is 1. The molecule has 1 amide bonds. The predicted molar refractivity (Wildman–Crippen MR) is 110 cm³/mol. The Kier molecular flexibility index (Phi) is 6.42. The van der Waals surface area contributed by atoms with Gasteiger partial charge in [-0.15, -0.1) is 0 Å². The Balaban J connectivity index is 2.24. The average Bonchev–Trinajstić information content (AvgIpc) is 2.60. The number of rotatable bonds is 6. The second kappa shape index (κ2) is 8.10. The van der Waals surface area contributed by atoms with Gasteiger partial charge in [-0.3, -0.25) is 9.10 Å². The molecule has 0 heterocycles. The fourth-order valence-corrected chi connectivity index (χ4v) is 3.77. The number of benzene rings is 2. The van der Waals surface area contributed by atoms with E-state index in [4.69, 9.17) is 11.6 Å². The number of amides is 1. The molecular formula is C18H21ClN2O5S2. The Morgan fingerprint density at radius 2 is 1.61 bits per heavy atom. The van der Waals surface area contributed by atoms with E-state index in [1.807, 2.05) is 0 Å². The fraction of sp³-hybridized carbons (Fsp3) is 0.278. The summed E-state index contributed by atoms with van der Waals surface area (Å²) in [6.45, 7) is 1.74. The van der Waals surface area contributed by atoms with Crippen LogP contribution in [0.5, 0.6) is 0 Å². The largest absolute Gasteiger partial charge is 0.345 e. The van der Waals surface area contributed by atoms with Crippen LogP contribution in [0.2, 0.25) is 5.02 Å². The predicted octanol–water partition coefficient (Wildman–Crippen LogP) is 2.63. The molecule has 2 aromatic rings. The molecule has 152 valence electrons. The van der Waals surface area contributed by atoms with Crippen LogP contribution in [0.3, 0.4) is 0 Å². The first-order valence-corrected chi connectivity index (χ1v) is 12.3. The number of hydrogen-bond acceptors (Lipinski definition) is 5. The summed E-state index contributed by atoms with van der Waals surface area (Å²) in [6, 6.07) is 10.1. The van der Waals surface area contributed by atoms with E-state index in [0.717, 1.165) is 16.8 Å². The highest BCUT2D eigenvalue weighted by atomic mass is 35.5. The van der Waals surface area contributed by atoms with E-state index in [9.17, 15) is 21.6 Å². The number of nitrogens with one attached hydrogen (secondary N) is 1. The van der Waals surface area contributed by atoms with Crippen molar-refractivity contribution in [3.8, 4) is 0 Å². The lowest BCUT2D eigenvalue weighted by molar-refractivity contribution is 0.0940. The molecule has 2 aromatic carbocycles. The maximum Gasteiger partial charge on any atom is 0.253 e. The number of carbonyl (C=O) groups excluding carboxylic acids is 1. The first kappa shape index (κ1) is 22.2. The second-order valence-electron chi connectivity index (χ2n) is 6.43. The van der Waals surface area contributed by atoms with E-state index in [0.29, 0.717) is 11.3 Å². The van der Waals surface area contributed by atoms with Gasteiger partial charge in [0.25, 0.3) is 5.91 Å². The molecule has 0 aliphatic rings. The third kappa shape index (κ3) is 5.24. The molecule has 7 nitrogen and oxygen atoms in total. The third-order valence-electron chi connectivity index (χ3n) is 4.21. The van der Waals surface area contributed by atoms with Crippen molar-refractivity contribution in [2.24, 2.45) is 0 Å². The molecule has 28 heavy (non-hydrogen) atoms. The summed E-state index contributed by atoms with van der Waals surface area (Å²) in [7, 11) is -5.40. The van der Waals surface area contributed by atoms with E-state index in [1.54, 1.807) is 19.1 Å². The summed E-state index contributed by atoms with van der Waals surface area (Å²) in [5.74, 6) is -0.478. The highest BCUT2D eigenvalue weighted by molar-refractivity contribution is 7.92. The Hall–Kier alpha value is -2.10. The van der Waals surface area contributed by atoms with E-state index < -0.39 is 31.8 Å². The number of halogens is 1. The lowest BCUT2D eigenvalue weighted by Crippen LogP contribution is -2.28. The molecule has 0 saturated carbocycles. The Labute approximate surface area is 170 Å². The van der Waals surface area contributed by atoms with Crippen molar-refractivity contribution >= 4 is 43.1 Å². The maximum absolute atomic E-state index is 12.6. The average molecular weight is 445 g/mol. The first-order valence-electron chi connectivity index (χ1n) is 8.15. The standard InChI is InChI=1S/C18H21ClN2O5S2/c1-12(13-5-8-15(9-6-13)27(3,23)24)20-18(22)16-11-14(7-10-17(16)19)21(2)28(4,25)26/h5-12H,1-4H3,(H,20,22)/t12-/m1/s1. The van der Waals surface area contributed by atoms with Crippen LogP contribution in [0.25, 0.3) is 0 Å². The zero-order valence-corrected chi connectivity index (χ0v) is 18.2. The van der Waals surface area contributed by atoms with Gasteiger partial charge in [-0.05, 0) is 42.8 Å². The number of carbonyl (C=O) groups is 1. The number of sulfonamides is 1. The minimum absolute atomic E-state index is 0.134. The van der Waals surface area contributed by atoms with Gasteiger partial charge < -0.3 is 5.32 Å². The zero-order valence-electron chi connectivity index (χ0n) is 15.8. The summed E-state index contributed by atoms with van der Waals surface area (Å²) in [5, 5.41) is 2.96. The molecule has 0 radical (unpaired) electrons. The van der Waals surface area contributed by atoms with Crippen molar-refractivity contribution in [1.82, 2.24) is 5.32 Å². The van der Waals surface area contributed by atoms with Gasteiger partial charge in [-0.25, -0.2) is 16.8 Å². The number of nitrogens with zero attached hydrogens (tertiary/aromatic N) is 1. The van der Waals surface area contributed by atoms with E-state index >= 15 is 0 Å². The van der Waals surface area contributed by atoms with E-state index in [-0.39, 0.29) is 15.5 Å². The molecular weight excluding hydrogens is 424 g/mol. The first-order chi connectivity index (χ1) is 12.8. The van der Waals surface area contributed by atoms with Crippen LogP contribution in [-0.2, 0) is 19.9 Å². The topological polar surface area (TPSA) is 101 Å². The smallest absolute Gasteiger partial charge is 0.253 e. The summed E-state index contributed by atoms with van der Waals surface area (Å²) >= 11 is 6.11. The minimum atomic E-state index is -3.48. The van der Waals surface area contributed by atoms with Crippen molar-refractivity contribution in [3.05, 3.63) is 58.6 Å². The Bertz CT molecular complexity index is 1100. The van der Waals surface area contributed by atoms with Gasteiger partial charge in [-0.2, -0.15) is 0 Å². The monoisotopic (exact) mass is 444 g/mol. The number of sulfone groups is 1. The molecule has 0 spiro atoms. The zero-order chi connectivity index (χ0) is 21.3. The molecule has 1 atom stereocenters. The van der Waals surface area contributed by atoms with Gasteiger partial charge in [0.05, 0.1) is 33.5 Å². The summed E-state index contributed by atoms with van der Waals surface area (Å²) in [4.78, 5) is 12.8. The van der Waals surface area contributed by atoms with Gasteiger partial charge in [-0.1, -0.05) is 23.7 Å². The van der Waals surface area contributed by atoms with Crippen LogP contribution < -0.4 is 9.62 Å². The molecule has 0 aromatic heterocycles. The van der Waals surface area contributed by atoms with Crippen molar-refractivity contribution in [3.63, 3.8) is 0 Å². The van der Waals surface area contributed by atoms with Gasteiger partial charge in [0.15, 0.2) is 9.84 Å². The summed E-state index contributed by atoms with van der Waals surface area (Å²) in [5.41, 5.74) is 1.15. The molecule has 0 unspecified atom stereocenters. The van der Waals surface area contributed by atoms with Crippen molar-refractivity contribution < 1.29 is 21.6 Å². The quantitative estimate of drug-likeness (QED) is 0.738. The Morgan fingerprint density at radius 1 is 1.04 bits per heavy atom. The van der Waals surface area contributed by atoms with Gasteiger partial charge >= 0.3 is 0 Å². The molecule has 0 aliphatic heterocycles. The van der Waals surface area contributed by atoms with Crippen molar-refractivity contribution in [1.29, 1.82) is 0 Å². The van der Waals surface area contributed by atoms with E-state index in [1.165, 1.54) is 37.4 Å². The lowest BCUT2D eigenvalue weighted by Gasteiger charge is -2.19. The molecule has 0 aliphatic carbocycles. The molecule has 10 heteroatoms. The third-order valence-corrected chi connectivity index (χ3v) is 6.88. The molecule has 0 bridgehead atoms. The normalized spacial score (nSPS) is 13.0. The summed E-state index contributed by atoms with van der Waals surface area (Å²) in [6.07, 6.45) is 2.18.